The van der Waals surface area contributed by atoms with Crippen molar-refractivity contribution in [3.63, 3.8) is 0 Å². The van der Waals surface area contributed by atoms with Gasteiger partial charge < -0.3 is 14.6 Å². The molecular formula is C22H26N3O5+. The number of aliphatic hydroxyl groups is 1. The van der Waals surface area contributed by atoms with Crippen molar-refractivity contribution in [1.82, 2.24) is 0 Å². The van der Waals surface area contributed by atoms with Gasteiger partial charge in [0.05, 0.1) is 25.7 Å². The Balaban J connectivity index is 1.80. The average molecular weight is 412 g/mol. The Morgan fingerprint density at radius 1 is 1.10 bits per heavy atom. The van der Waals surface area contributed by atoms with Gasteiger partial charge in [0.25, 0.3) is 17.2 Å². The molecule has 8 nitrogen and oxygen atoms in total. The fourth-order valence-corrected chi connectivity index (χ4v) is 4.40. The largest absolute Gasteiger partial charge is 0.497 e. The summed E-state index contributed by atoms with van der Waals surface area (Å²) in [4.78, 5) is 12.7. The van der Waals surface area contributed by atoms with Crippen LogP contribution in [0.25, 0.3) is 0 Å². The molecule has 0 radical (unpaired) electrons. The van der Waals surface area contributed by atoms with Gasteiger partial charge in [0.1, 0.15) is 5.75 Å². The lowest BCUT2D eigenvalue weighted by Gasteiger charge is -2.23. The van der Waals surface area contributed by atoms with E-state index in [9.17, 15) is 15.2 Å². The number of anilines is 1. The van der Waals surface area contributed by atoms with Crippen LogP contribution in [-0.4, -0.2) is 47.8 Å². The highest BCUT2D eigenvalue weighted by molar-refractivity contribution is 5.97. The van der Waals surface area contributed by atoms with E-state index in [1.165, 1.54) is 12.1 Å². The maximum absolute atomic E-state index is 11.8. The number of benzene rings is 2. The lowest BCUT2D eigenvalue weighted by Crippen LogP contribution is -2.41. The van der Waals surface area contributed by atoms with Crippen LogP contribution in [-0.2, 0) is 5.72 Å². The van der Waals surface area contributed by atoms with Gasteiger partial charge in [-0.15, -0.1) is 0 Å². The number of β-amino-alcohol motifs (C(OH)–C–C–N with tert-alkyl or cyclic N) is 1. The molecule has 2 aliphatic heterocycles. The standard InChI is InChI=1S/C22H26N3O5/c1-29-18-11-12-19(20(14-18)30-2)23-15-22(26,24-13-5-3-4-6-21(23)24)16-7-9-17(10-8-16)25(27)28/h7-12,14,26H,3-6,13,15H2,1-2H3/q+1. The number of nitro benzene ring substituents is 1. The monoisotopic (exact) mass is 412 g/mol. The van der Waals surface area contributed by atoms with Crippen molar-refractivity contribution >= 4 is 17.2 Å². The highest BCUT2D eigenvalue weighted by Gasteiger charge is 2.52. The molecule has 2 aromatic carbocycles. The molecule has 0 bridgehead atoms. The fourth-order valence-electron chi connectivity index (χ4n) is 4.40. The van der Waals surface area contributed by atoms with E-state index in [2.05, 4.69) is 4.90 Å². The quantitative estimate of drug-likeness (QED) is 0.461. The Morgan fingerprint density at radius 2 is 1.87 bits per heavy atom. The van der Waals surface area contributed by atoms with E-state index in [0.717, 1.165) is 43.8 Å². The topological polar surface area (TPSA) is 88.1 Å². The third kappa shape index (κ3) is 3.37. The molecule has 2 heterocycles. The van der Waals surface area contributed by atoms with E-state index in [1.54, 1.807) is 26.4 Å². The number of hydrogen-bond acceptors (Lipinski definition) is 6. The van der Waals surface area contributed by atoms with Crippen LogP contribution >= 0.6 is 0 Å². The molecule has 0 amide bonds. The minimum atomic E-state index is -1.28. The summed E-state index contributed by atoms with van der Waals surface area (Å²) in [7, 11) is 3.23. The summed E-state index contributed by atoms with van der Waals surface area (Å²) >= 11 is 0. The second kappa shape index (κ2) is 7.95. The second-order valence-electron chi connectivity index (χ2n) is 7.62. The zero-order valence-electron chi connectivity index (χ0n) is 17.2. The Hall–Kier alpha value is -3.13. The van der Waals surface area contributed by atoms with E-state index in [-0.39, 0.29) is 5.69 Å². The maximum Gasteiger partial charge on any atom is 0.271 e. The number of amidine groups is 1. The number of rotatable bonds is 5. The van der Waals surface area contributed by atoms with Crippen molar-refractivity contribution < 1.29 is 24.1 Å². The molecule has 8 heteroatoms. The smallest absolute Gasteiger partial charge is 0.271 e. The molecule has 4 rings (SSSR count). The van der Waals surface area contributed by atoms with E-state index >= 15 is 0 Å². The van der Waals surface area contributed by atoms with E-state index in [4.69, 9.17) is 9.47 Å². The van der Waals surface area contributed by atoms with Gasteiger partial charge in [-0.2, -0.15) is 0 Å². The van der Waals surface area contributed by atoms with Gasteiger partial charge >= 0.3 is 0 Å². The van der Waals surface area contributed by atoms with Crippen LogP contribution in [0.5, 0.6) is 11.5 Å². The zero-order valence-corrected chi connectivity index (χ0v) is 17.2. The van der Waals surface area contributed by atoms with Crippen molar-refractivity contribution in [2.24, 2.45) is 0 Å². The van der Waals surface area contributed by atoms with Crippen molar-refractivity contribution in [2.75, 3.05) is 32.2 Å². The fraction of sp³-hybridized carbons (Fsp3) is 0.409. The van der Waals surface area contributed by atoms with E-state index in [1.807, 2.05) is 22.8 Å². The zero-order chi connectivity index (χ0) is 21.3. The molecule has 1 unspecified atom stereocenters. The summed E-state index contributed by atoms with van der Waals surface area (Å²) in [5, 5.41) is 22.9. The minimum Gasteiger partial charge on any atom is -0.497 e. The predicted molar refractivity (Wildman–Crippen MR) is 112 cm³/mol. The van der Waals surface area contributed by atoms with Crippen molar-refractivity contribution in [3.8, 4) is 11.5 Å². The lowest BCUT2D eigenvalue weighted by molar-refractivity contribution is -0.658. The molecule has 0 saturated carbocycles. The first kappa shape index (κ1) is 20.2. The Bertz CT molecular complexity index is 989. The maximum atomic E-state index is 11.8. The van der Waals surface area contributed by atoms with Gasteiger partial charge in [0, 0.05) is 30.2 Å². The number of methoxy groups -OCH3 is 2. The summed E-state index contributed by atoms with van der Waals surface area (Å²) in [6, 6.07) is 11.8. The van der Waals surface area contributed by atoms with Crippen LogP contribution in [0.1, 0.15) is 31.2 Å². The molecule has 0 spiro atoms. The minimum absolute atomic E-state index is 0.00842. The van der Waals surface area contributed by atoms with Gasteiger partial charge in [-0.1, -0.05) is 0 Å². The van der Waals surface area contributed by atoms with Crippen LogP contribution < -0.4 is 14.4 Å². The molecule has 0 saturated heterocycles. The third-order valence-electron chi connectivity index (χ3n) is 5.95. The van der Waals surface area contributed by atoms with Crippen LogP contribution in [0.4, 0.5) is 11.4 Å². The highest BCUT2D eigenvalue weighted by atomic mass is 16.6. The Kier molecular flexibility index (Phi) is 5.34. The van der Waals surface area contributed by atoms with Crippen molar-refractivity contribution in [1.29, 1.82) is 0 Å². The van der Waals surface area contributed by atoms with E-state index in [0.29, 0.717) is 23.6 Å². The molecule has 2 aliphatic rings. The van der Waals surface area contributed by atoms with Gasteiger partial charge in [-0.25, -0.2) is 9.48 Å². The van der Waals surface area contributed by atoms with Crippen LogP contribution in [0.2, 0.25) is 0 Å². The molecule has 1 N–H and O–H groups in total. The number of hydrogen-bond donors (Lipinski definition) is 1. The molecule has 0 aromatic heterocycles. The first-order valence-corrected chi connectivity index (χ1v) is 10.1. The number of non-ortho nitro benzene ring substituents is 1. The molecule has 30 heavy (non-hydrogen) atoms. The van der Waals surface area contributed by atoms with Gasteiger partial charge in [0.2, 0.25) is 0 Å². The first-order chi connectivity index (χ1) is 14.5. The number of nitro groups is 1. The summed E-state index contributed by atoms with van der Waals surface area (Å²) in [6.45, 7) is 1.03. The predicted octanol–water partition coefficient (Wildman–Crippen LogP) is 3.26. The summed E-state index contributed by atoms with van der Waals surface area (Å²) in [5.74, 6) is 2.40. The van der Waals surface area contributed by atoms with Crippen LogP contribution in [0, 0.1) is 10.1 Å². The van der Waals surface area contributed by atoms with E-state index < -0.39 is 10.6 Å². The Morgan fingerprint density at radius 3 is 2.53 bits per heavy atom. The number of nitrogens with zero attached hydrogens (tertiary/aromatic N) is 3. The summed E-state index contributed by atoms with van der Waals surface area (Å²) in [5.41, 5.74) is 0.231. The van der Waals surface area contributed by atoms with Crippen molar-refractivity contribution in [2.45, 2.75) is 31.4 Å². The second-order valence-corrected chi connectivity index (χ2v) is 7.62. The first-order valence-electron chi connectivity index (χ1n) is 10.1. The highest BCUT2D eigenvalue weighted by Crippen LogP contribution is 2.40. The van der Waals surface area contributed by atoms with Gasteiger partial charge in [-0.3, -0.25) is 10.1 Å². The van der Waals surface area contributed by atoms with Crippen LogP contribution in [0.15, 0.2) is 42.5 Å². The normalized spacial score (nSPS) is 21.2. The van der Waals surface area contributed by atoms with Crippen LogP contribution in [0.3, 0.4) is 0 Å². The summed E-state index contributed by atoms with van der Waals surface area (Å²) in [6.07, 6.45) is 3.94. The average Bonchev–Trinajstić information content (AvgIpc) is 2.91. The number of ether oxygens (including phenoxy) is 2. The molecule has 158 valence electrons. The molecular weight excluding hydrogens is 386 g/mol. The molecule has 1 atom stereocenters. The van der Waals surface area contributed by atoms with Gasteiger partial charge in [0.15, 0.2) is 18.0 Å². The summed E-state index contributed by atoms with van der Waals surface area (Å²) < 4.78 is 13.0. The lowest BCUT2D eigenvalue weighted by atomic mass is 10.0. The Labute approximate surface area is 175 Å². The molecule has 0 fully saturated rings. The van der Waals surface area contributed by atoms with Crippen molar-refractivity contribution in [3.05, 3.63) is 58.1 Å². The molecule has 0 aliphatic carbocycles. The SMILES string of the molecule is COc1ccc(N2CC(O)(c3ccc([N+](=O)[O-])cc3)[N+]3=C2CCCCC3)c(OC)c1. The third-order valence-corrected chi connectivity index (χ3v) is 5.95. The molecule has 2 aromatic rings. The van der Waals surface area contributed by atoms with Gasteiger partial charge in [-0.05, 0) is 43.5 Å².